The molecule has 0 unspecified atom stereocenters. The molecular formula is C31H31ClN4O4S. The van der Waals surface area contributed by atoms with Crippen LogP contribution >= 0.6 is 22.9 Å². The third kappa shape index (κ3) is 6.11. The zero-order valence-corrected chi connectivity index (χ0v) is 25.4. The Morgan fingerprint density at radius 1 is 1.00 bits per heavy atom. The Hall–Kier alpha value is -3.82. The maximum atomic E-state index is 13.1. The number of thiophene rings is 1. The Kier molecular flexibility index (Phi) is 7.85. The van der Waals surface area contributed by atoms with E-state index in [0.717, 1.165) is 38.8 Å². The van der Waals surface area contributed by atoms with Crippen LogP contribution in [0.2, 0.25) is 5.02 Å². The molecule has 212 valence electrons. The van der Waals surface area contributed by atoms with E-state index >= 15 is 0 Å². The number of aromatic nitrogens is 3. The summed E-state index contributed by atoms with van der Waals surface area (Å²) in [6.45, 7) is 11.6. The number of halogens is 1. The van der Waals surface area contributed by atoms with Crippen LogP contribution in [0.25, 0.3) is 5.00 Å². The van der Waals surface area contributed by atoms with Gasteiger partial charge in [0.25, 0.3) is 0 Å². The predicted molar refractivity (Wildman–Crippen MR) is 159 cm³/mol. The van der Waals surface area contributed by atoms with Crippen molar-refractivity contribution in [2.45, 2.75) is 66.2 Å². The van der Waals surface area contributed by atoms with Crippen molar-refractivity contribution in [3.8, 4) is 5.00 Å². The summed E-state index contributed by atoms with van der Waals surface area (Å²) in [5, 5.41) is 10.4. The van der Waals surface area contributed by atoms with Crippen molar-refractivity contribution in [3.05, 3.63) is 97.9 Å². The van der Waals surface area contributed by atoms with Crippen LogP contribution in [-0.2, 0) is 20.9 Å². The fourth-order valence-corrected chi connectivity index (χ4v) is 5.93. The molecule has 0 bridgehead atoms. The number of aliphatic imine (C=N–C) groups is 1. The first kappa shape index (κ1) is 28.7. The number of esters is 2. The van der Waals surface area contributed by atoms with Crippen LogP contribution in [0.4, 0.5) is 0 Å². The monoisotopic (exact) mass is 590 g/mol. The van der Waals surface area contributed by atoms with Gasteiger partial charge in [-0.25, -0.2) is 4.79 Å². The third-order valence-corrected chi connectivity index (χ3v) is 8.15. The molecule has 5 rings (SSSR count). The van der Waals surface area contributed by atoms with Crippen LogP contribution in [0, 0.1) is 20.8 Å². The molecule has 3 heterocycles. The lowest BCUT2D eigenvalue weighted by Gasteiger charge is -2.19. The van der Waals surface area contributed by atoms with E-state index in [1.807, 2.05) is 56.5 Å². The number of nitrogens with zero attached hydrogens (tertiary/aromatic N) is 4. The molecule has 2 aromatic heterocycles. The Balaban J connectivity index is 1.40. The Labute approximate surface area is 248 Å². The van der Waals surface area contributed by atoms with E-state index in [-0.39, 0.29) is 13.0 Å². The minimum atomic E-state index is -0.608. The zero-order valence-electron chi connectivity index (χ0n) is 23.8. The first-order valence-electron chi connectivity index (χ1n) is 13.3. The van der Waals surface area contributed by atoms with E-state index in [1.54, 1.807) is 35.6 Å². The molecule has 0 saturated heterocycles. The Bertz CT molecular complexity index is 1650. The molecule has 0 saturated carbocycles. The van der Waals surface area contributed by atoms with Gasteiger partial charge in [-0.15, -0.1) is 21.5 Å². The van der Waals surface area contributed by atoms with Gasteiger partial charge in [0, 0.05) is 21.0 Å². The van der Waals surface area contributed by atoms with Crippen LogP contribution < -0.4 is 0 Å². The first-order chi connectivity index (χ1) is 19.4. The third-order valence-electron chi connectivity index (χ3n) is 6.71. The Morgan fingerprint density at radius 2 is 1.68 bits per heavy atom. The average Bonchev–Trinajstić information content (AvgIpc) is 3.39. The van der Waals surface area contributed by atoms with Gasteiger partial charge in [0.05, 0.1) is 17.7 Å². The highest BCUT2D eigenvalue weighted by atomic mass is 35.5. The van der Waals surface area contributed by atoms with E-state index in [2.05, 4.69) is 24.0 Å². The maximum Gasteiger partial charge on any atom is 0.338 e. The quantitative estimate of drug-likeness (QED) is 0.227. The second kappa shape index (κ2) is 11.2. The maximum absolute atomic E-state index is 13.1. The Morgan fingerprint density at radius 3 is 2.34 bits per heavy atom. The van der Waals surface area contributed by atoms with E-state index in [9.17, 15) is 9.59 Å². The summed E-state index contributed by atoms with van der Waals surface area (Å²) in [7, 11) is 0. The van der Waals surface area contributed by atoms with Crippen LogP contribution in [0.1, 0.15) is 82.4 Å². The number of benzene rings is 2. The number of rotatable bonds is 6. The second-order valence-corrected chi connectivity index (χ2v) is 12.6. The molecule has 0 N–H and O–H groups in total. The van der Waals surface area contributed by atoms with Crippen LogP contribution in [0.3, 0.4) is 0 Å². The molecule has 0 radical (unpaired) electrons. The topological polar surface area (TPSA) is 95.7 Å². The first-order valence-corrected chi connectivity index (χ1v) is 14.4. The molecule has 2 aromatic carbocycles. The van der Waals surface area contributed by atoms with Crippen LogP contribution in [-0.4, -0.2) is 38.0 Å². The lowest BCUT2D eigenvalue weighted by atomic mass is 9.99. The summed E-state index contributed by atoms with van der Waals surface area (Å²) in [6.07, 6.45) is -0.0157. The van der Waals surface area contributed by atoms with E-state index in [4.69, 9.17) is 26.1 Å². The van der Waals surface area contributed by atoms with Gasteiger partial charge in [-0.2, -0.15) is 0 Å². The van der Waals surface area contributed by atoms with Crippen LogP contribution in [0.5, 0.6) is 0 Å². The number of carbonyl (C=O) groups excluding carboxylic acids is 2. The number of aryl methyl sites for hydroxylation is 2. The number of fused-ring (bicyclic) bond motifs is 3. The van der Waals surface area contributed by atoms with Gasteiger partial charge >= 0.3 is 11.9 Å². The van der Waals surface area contributed by atoms with Crippen molar-refractivity contribution >= 4 is 40.6 Å². The molecule has 10 heteroatoms. The van der Waals surface area contributed by atoms with Crippen molar-refractivity contribution in [2.75, 3.05) is 0 Å². The highest BCUT2D eigenvalue weighted by Gasteiger charge is 2.32. The summed E-state index contributed by atoms with van der Waals surface area (Å²) in [6, 6.07) is 13.8. The number of hydrogen-bond donors (Lipinski definition) is 0. The average molecular weight is 591 g/mol. The van der Waals surface area contributed by atoms with Crippen molar-refractivity contribution in [3.63, 3.8) is 0 Å². The second-order valence-electron chi connectivity index (χ2n) is 11.0. The molecule has 4 aromatic rings. The van der Waals surface area contributed by atoms with Crippen molar-refractivity contribution in [2.24, 2.45) is 4.99 Å². The van der Waals surface area contributed by atoms with Gasteiger partial charge in [0.1, 0.15) is 29.1 Å². The zero-order chi connectivity index (χ0) is 29.5. The normalized spacial score (nSPS) is 14.5. The highest BCUT2D eigenvalue weighted by molar-refractivity contribution is 7.15. The molecular weight excluding hydrogens is 560 g/mol. The number of ether oxygens (including phenoxy) is 2. The number of carbonyl (C=O) groups is 2. The summed E-state index contributed by atoms with van der Waals surface area (Å²) in [4.78, 5) is 31.7. The molecule has 0 amide bonds. The van der Waals surface area contributed by atoms with Crippen LogP contribution in [0.15, 0.2) is 53.5 Å². The summed E-state index contributed by atoms with van der Waals surface area (Å²) in [5.41, 5.74) is 4.41. The van der Waals surface area contributed by atoms with Gasteiger partial charge < -0.3 is 9.47 Å². The molecule has 1 aliphatic rings. The van der Waals surface area contributed by atoms with Gasteiger partial charge in [0.2, 0.25) is 0 Å². The fraction of sp³-hybridized carbons (Fsp3) is 0.323. The number of hydrogen-bond acceptors (Lipinski definition) is 8. The van der Waals surface area contributed by atoms with E-state index in [0.29, 0.717) is 16.4 Å². The van der Waals surface area contributed by atoms with Gasteiger partial charge in [-0.1, -0.05) is 35.9 Å². The molecule has 0 spiro atoms. The van der Waals surface area contributed by atoms with E-state index < -0.39 is 23.6 Å². The van der Waals surface area contributed by atoms with Gasteiger partial charge in [0.15, 0.2) is 5.82 Å². The fourth-order valence-electron chi connectivity index (χ4n) is 4.59. The standard InChI is InChI=1S/C31H31ClN4O4S/c1-17-18(2)41-29-26(17)27(21-11-13-23(32)14-12-21)33-24(28-35-34-19(3)36(28)29)15-25(37)39-16-20-7-9-22(10-8-20)30(38)40-31(4,5)6/h7-14,24H,15-16H2,1-6H3/t24-/m0/s1. The van der Waals surface area contributed by atoms with Crippen molar-refractivity contribution in [1.82, 2.24) is 14.8 Å². The van der Waals surface area contributed by atoms with Crippen molar-refractivity contribution in [1.29, 1.82) is 0 Å². The summed E-state index contributed by atoms with van der Waals surface area (Å²) in [5.74, 6) is 0.490. The molecule has 0 aliphatic carbocycles. The molecule has 1 aliphatic heterocycles. The lowest BCUT2D eigenvalue weighted by Crippen LogP contribution is -2.23. The summed E-state index contributed by atoms with van der Waals surface area (Å²) >= 11 is 7.84. The van der Waals surface area contributed by atoms with Gasteiger partial charge in [-0.05, 0) is 76.9 Å². The largest absolute Gasteiger partial charge is 0.461 e. The predicted octanol–water partition coefficient (Wildman–Crippen LogP) is 6.89. The van der Waals surface area contributed by atoms with Gasteiger partial charge in [-0.3, -0.25) is 14.4 Å². The van der Waals surface area contributed by atoms with E-state index in [1.165, 1.54) is 4.88 Å². The minimum Gasteiger partial charge on any atom is -0.461 e. The SMILES string of the molecule is Cc1sc2c(c1C)C(c1ccc(Cl)cc1)=N[C@@H](CC(=O)OCc1ccc(C(=O)OC(C)(C)C)cc1)c1nnc(C)n1-2. The minimum absolute atomic E-state index is 0.0157. The molecule has 0 fully saturated rings. The molecule has 41 heavy (non-hydrogen) atoms. The smallest absolute Gasteiger partial charge is 0.338 e. The lowest BCUT2D eigenvalue weighted by molar-refractivity contribution is -0.145. The summed E-state index contributed by atoms with van der Waals surface area (Å²) < 4.78 is 13.0. The van der Waals surface area contributed by atoms with Crippen molar-refractivity contribution < 1.29 is 19.1 Å². The molecule has 8 nitrogen and oxygen atoms in total. The highest BCUT2D eigenvalue weighted by Crippen LogP contribution is 2.39. The molecule has 1 atom stereocenters.